The first kappa shape index (κ1) is 11.7. The van der Waals surface area contributed by atoms with Gasteiger partial charge >= 0.3 is 0 Å². The maximum atomic E-state index is 5.87. The summed E-state index contributed by atoms with van der Waals surface area (Å²) in [5.74, 6) is 0.707. The number of hydrogen-bond donors (Lipinski definition) is 2. The average Bonchev–Trinajstić information content (AvgIpc) is 2.97. The van der Waals surface area contributed by atoms with Crippen LogP contribution in [-0.4, -0.2) is 12.6 Å². The molecule has 1 heterocycles. The van der Waals surface area contributed by atoms with E-state index in [1.165, 1.54) is 38.5 Å². The van der Waals surface area contributed by atoms with Crippen LogP contribution in [0.5, 0.6) is 0 Å². The van der Waals surface area contributed by atoms with Crippen molar-refractivity contribution in [3.05, 3.63) is 21.9 Å². The zero-order chi connectivity index (χ0) is 11.7. The van der Waals surface area contributed by atoms with Crippen LogP contribution in [0.3, 0.4) is 0 Å². The third-order valence-electron chi connectivity index (χ3n) is 4.43. The van der Waals surface area contributed by atoms with E-state index in [9.17, 15) is 0 Å². The summed E-state index contributed by atoms with van der Waals surface area (Å²) in [7, 11) is 0. The molecule has 0 spiro atoms. The van der Waals surface area contributed by atoms with Crippen LogP contribution in [0.2, 0.25) is 0 Å². The molecule has 1 aromatic heterocycles. The van der Waals surface area contributed by atoms with Gasteiger partial charge in [0.2, 0.25) is 0 Å². The van der Waals surface area contributed by atoms with Crippen molar-refractivity contribution in [1.29, 1.82) is 0 Å². The van der Waals surface area contributed by atoms with Crippen molar-refractivity contribution >= 4 is 11.3 Å². The Hall–Kier alpha value is -0.380. The molecule has 3 atom stereocenters. The van der Waals surface area contributed by atoms with Gasteiger partial charge in [0, 0.05) is 17.0 Å². The Labute approximate surface area is 108 Å². The third kappa shape index (κ3) is 2.28. The molecule has 17 heavy (non-hydrogen) atoms. The van der Waals surface area contributed by atoms with E-state index in [1.54, 1.807) is 10.4 Å². The van der Waals surface area contributed by atoms with E-state index in [-0.39, 0.29) is 0 Å². The van der Waals surface area contributed by atoms with Crippen molar-refractivity contribution in [1.82, 2.24) is 5.32 Å². The van der Waals surface area contributed by atoms with Crippen LogP contribution in [0.25, 0.3) is 0 Å². The molecule has 2 aliphatic rings. The molecule has 94 valence electrons. The predicted molar refractivity (Wildman–Crippen MR) is 73.3 cm³/mol. The van der Waals surface area contributed by atoms with E-state index in [4.69, 9.17) is 5.73 Å². The molecule has 3 unspecified atom stereocenters. The number of nitrogens with two attached hydrogens (primary N) is 1. The van der Waals surface area contributed by atoms with Crippen LogP contribution in [0, 0.1) is 5.92 Å². The highest BCUT2D eigenvalue weighted by Crippen LogP contribution is 2.35. The molecule has 1 fully saturated rings. The Morgan fingerprint density at radius 3 is 3.12 bits per heavy atom. The lowest BCUT2D eigenvalue weighted by Gasteiger charge is -2.29. The third-order valence-corrected chi connectivity index (χ3v) is 5.43. The lowest BCUT2D eigenvalue weighted by atomic mass is 9.92. The van der Waals surface area contributed by atoms with Gasteiger partial charge in [0.05, 0.1) is 0 Å². The minimum absolute atomic E-state index is 0.599. The van der Waals surface area contributed by atoms with E-state index >= 15 is 0 Å². The average molecular weight is 250 g/mol. The Bertz CT molecular complexity index is 374. The molecular weight excluding hydrogens is 228 g/mol. The first-order chi connectivity index (χ1) is 8.38. The summed E-state index contributed by atoms with van der Waals surface area (Å²) in [5, 5.41) is 6.14. The number of aryl methyl sites for hydroxylation is 1. The second-order valence-corrected chi connectivity index (χ2v) is 6.44. The fraction of sp³-hybridized carbons (Fsp3) is 0.714. The fourth-order valence-electron chi connectivity index (χ4n) is 3.46. The van der Waals surface area contributed by atoms with Gasteiger partial charge in [-0.2, -0.15) is 0 Å². The minimum atomic E-state index is 0.599. The number of thiophene rings is 1. The zero-order valence-electron chi connectivity index (χ0n) is 10.3. The van der Waals surface area contributed by atoms with Crippen molar-refractivity contribution in [2.75, 3.05) is 6.54 Å². The molecule has 0 amide bonds. The SMILES string of the molecule is NCC1CCCC1NC1CCCc2sccc21. The summed E-state index contributed by atoms with van der Waals surface area (Å²) in [6.07, 6.45) is 7.91. The van der Waals surface area contributed by atoms with Crippen molar-refractivity contribution in [3.8, 4) is 0 Å². The summed E-state index contributed by atoms with van der Waals surface area (Å²) < 4.78 is 0. The highest BCUT2D eigenvalue weighted by atomic mass is 32.1. The predicted octanol–water partition coefficient (Wildman–Crippen LogP) is 2.84. The van der Waals surface area contributed by atoms with Crippen LogP contribution in [-0.2, 0) is 6.42 Å². The number of fused-ring (bicyclic) bond motifs is 1. The van der Waals surface area contributed by atoms with E-state index in [2.05, 4.69) is 16.8 Å². The Morgan fingerprint density at radius 2 is 2.24 bits per heavy atom. The van der Waals surface area contributed by atoms with E-state index < -0.39 is 0 Å². The van der Waals surface area contributed by atoms with Crippen LogP contribution in [0.1, 0.15) is 48.6 Å². The largest absolute Gasteiger partial charge is 0.330 e. The van der Waals surface area contributed by atoms with Gasteiger partial charge in [-0.1, -0.05) is 6.42 Å². The molecule has 3 rings (SSSR count). The van der Waals surface area contributed by atoms with Crippen LogP contribution >= 0.6 is 11.3 Å². The molecular formula is C14H22N2S. The number of rotatable bonds is 3. The summed E-state index contributed by atoms with van der Waals surface area (Å²) in [6, 6.07) is 3.58. The van der Waals surface area contributed by atoms with Gasteiger partial charge in [0.1, 0.15) is 0 Å². The lowest BCUT2D eigenvalue weighted by molar-refractivity contribution is 0.341. The smallest absolute Gasteiger partial charge is 0.0333 e. The monoisotopic (exact) mass is 250 g/mol. The van der Waals surface area contributed by atoms with Gasteiger partial charge in [-0.15, -0.1) is 11.3 Å². The van der Waals surface area contributed by atoms with Gasteiger partial charge < -0.3 is 11.1 Å². The zero-order valence-corrected chi connectivity index (χ0v) is 11.1. The summed E-state index contributed by atoms with van der Waals surface area (Å²) in [4.78, 5) is 1.61. The van der Waals surface area contributed by atoms with Crippen LogP contribution in [0.4, 0.5) is 0 Å². The van der Waals surface area contributed by atoms with Gasteiger partial charge in [-0.05, 0) is 61.6 Å². The highest BCUT2D eigenvalue weighted by Gasteiger charge is 2.30. The van der Waals surface area contributed by atoms with Crippen molar-refractivity contribution in [2.24, 2.45) is 11.7 Å². The molecule has 3 N–H and O–H groups in total. The second-order valence-electron chi connectivity index (χ2n) is 5.44. The minimum Gasteiger partial charge on any atom is -0.330 e. The summed E-state index contributed by atoms with van der Waals surface area (Å²) >= 11 is 1.93. The lowest BCUT2D eigenvalue weighted by Crippen LogP contribution is -2.39. The van der Waals surface area contributed by atoms with Crippen molar-refractivity contribution in [3.63, 3.8) is 0 Å². The van der Waals surface area contributed by atoms with Gasteiger partial charge in [0.25, 0.3) is 0 Å². The van der Waals surface area contributed by atoms with Crippen LogP contribution < -0.4 is 11.1 Å². The molecule has 0 saturated heterocycles. The van der Waals surface area contributed by atoms with Crippen molar-refractivity contribution in [2.45, 2.75) is 50.6 Å². The molecule has 2 aliphatic carbocycles. The van der Waals surface area contributed by atoms with Gasteiger partial charge in [-0.3, -0.25) is 0 Å². The maximum Gasteiger partial charge on any atom is 0.0333 e. The molecule has 1 aromatic rings. The summed E-state index contributed by atoms with van der Waals surface area (Å²) in [5.41, 5.74) is 7.44. The standard InChI is InChI=1S/C14H22N2S/c15-9-10-3-1-4-12(10)16-13-5-2-6-14-11(13)7-8-17-14/h7-8,10,12-13,16H,1-6,9,15H2. The highest BCUT2D eigenvalue weighted by molar-refractivity contribution is 7.10. The molecule has 1 saturated carbocycles. The molecule has 0 aromatic carbocycles. The first-order valence-corrected chi connectivity index (χ1v) is 7.79. The second kappa shape index (κ2) is 5.09. The van der Waals surface area contributed by atoms with E-state index in [0.717, 1.165) is 6.54 Å². The van der Waals surface area contributed by atoms with Crippen molar-refractivity contribution < 1.29 is 0 Å². The van der Waals surface area contributed by atoms with Gasteiger partial charge in [-0.25, -0.2) is 0 Å². The van der Waals surface area contributed by atoms with Gasteiger partial charge in [0.15, 0.2) is 0 Å². The van der Waals surface area contributed by atoms with E-state index in [0.29, 0.717) is 18.0 Å². The van der Waals surface area contributed by atoms with Crippen LogP contribution in [0.15, 0.2) is 11.4 Å². The molecule has 0 radical (unpaired) electrons. The number of hydrogen-bond acceptors (Lipinski definition) is 3. The topological polar surface area (TPSA) is 38.0 Å². The summed E-state index contributed by atoms with van der Waals surface area (Å²) in [6.45, 7) is 0.848. The molecule has 3 heteroatoms. The molecule has 2 nitrogen and oxygen atoms in total. The Morgan fingerprint density at radius 1 is 1.29 bits per heavy atom. The maximum absolute atomic E-state index is 5.87. The Balaban J connectivity index is 1.70. The quantitative estimate of drug-likeness (QED) is 0.865. The normalized spacial score (nSPS) is 32.6. The molecule has 0 bridgehead atoms. The Kier molecular flexibility index (Phi) is 3.50. The fourth-order valence-corrected chi connectivity index (χ4v) is 4.44. The molecule has 0 aliphatic heterocycles. The number of nitrogens with one attached hydrogen (secondary N) is 1. The van der Waals surface area contributed by atoms with E-state index in [1.807, 2.05) is 11.3 Å². The first-order valence-electron chi connectivity index (χ1n) is 6.91.